The molecule has 5 nitrogen and oxygen atoms in total. The molecule has 0 atom stereocenters. The van der Waals surface area contributed by atoms with E-state index in [1.54, 1.807) is 0 Å². The molecule has 1 aromatic carbocycles. The topological polar surface area (TPSA) is 31.7 Å². The van der Waals surface area contributed by atoms with E-state index in [-0.39, 0.29) is 5.91 Å². The lowest BCUT2D eigenvalue weighted by Gasteiger charge is -2.34. The van der Waals surface area contributed by atoms with Crippen molar-refractivity contribution in [3.63, 3.8) is 0 Å². The Morgan fingerprint density at radius 1 is 1.00 bits per heavy atom. The van der Waals surface area contributed by atoms with Gasteiger partial charge in [0.15, 0.2) is 0 Å². The van der Waals surface area contributed by atoms with Crippen LogP contribution in [0.1, 0.15) is 46.2 Å². The molecular formula is C24H34N4O. The van der Waals surface area contributed by atoms with Gasteiger partial charge in [0, 0.05) is 65.0 Å². The van der Waals surface area contributed by atoms with Crippen LogP contribution in [0.5, 0.6) is 0 Å². The van der Waals surface area contributed by atoms with Crippen molar-refractivity contribution < 1.29 is 4.79 Å². The van der Waals surface area contributed by atoms with Gasteiger partial charge in [-0.15, -0.1) is 0 Å². The first-order valence-corrected chi connectivity index (χ1v) is 11.0. The average Bonchev–Trinajstić information content (AvgIpc) is 3.06. The zero-order valence-electron chi connectivity index (χ0n) is 18.2. The van der Waals surface area contributed by atoms with Crippen molar-refractivity contribution in [1.29, 1.82) is 0 Å². The molecule has 1 fully saturated rings. The zero-order chi connectivity index (χ0) is 20.4. The first-order chi connectivity index (χ1) is 14.0. The van der Waals surface area contributed by atoms with Crippen molar-refractivity contribution in [2.75, 3.05) is 39.3 Å². The van der Waals surface area contributed by atoms with E-state index in [1.165, 1.54) is 28.8 Å². The molecule has 0 saturated carbocycles. The Hall–Kier alpha value is -2.11. The molecule has 1 saturated heterocycles. The maximum absolute atomic E-state index is 13.2. The number of amides is 1. The number of piperazine rings is 1. The van der Waals surface area contributed by atoms with Gasteiger partial charge in [-0.1, -0.05) is 36.8 Å². The molecule has 4 rings (SSSR count). The van der Waals surface area contributed by atoms with Crippen LogP contribution in [0, 0.1) is 6.92 Å². The van der Waals surface area contributed by atoms with Gasteiger partial charge in [0.25, 0.3) is 5.91 Å². The zero-order valence-corrected chi connectivity index (χ0v) is 18.2. The van der Waals surface area contributed by atoms with E-state index >= 15 is 0 Å². The number of carbonyl (C=O) groups excluding carboxylic acids is 1. The van der Waals surface area contributed by atoms with Gasteiger partial charge in [-0.2, -0.15) is 0 Å². The summed E-state index contributed by atoms with van der Waals surface area (Å²) in [5.74, 6) is 0.197. The van der Waals surface area contributed by atoms with Crippen LogP contribution < -0.4 is 0 Å². The highest BCUT2D eigenvalue weighted by atomic mass is 16.2. The second-order valence-electron chi connectivity index (χ2n) is 8.64. The highest BCUT2D eigenvalue weighted by Crippen LogP contribution is 2.25. The number of rotatable bonds is 5. The number of nitrogens with zero attached hydrogens (tertiary/aromatic N) is 4. The molecule has 0 radical (unpaired) electrons. The molecule has 2 aliphatic heterocycles. The lowest BCUT2D eigenvalue weighted by molar-refractivity contribution is 0.0628. The number of benzene rings is 1. The van der Waals surface area contributed by atoms with Crippen LogP contribution in [-0.2, 0) is 26.6 Å². The minimum atomic E-state index is 0.197. The highest BCUT2D eigenvalue weighted by Gasteiger charge is 2.27. The van der Waals surface area contributed by atoms with Gasteiger partial charge < -0.3 is 9.47 Å². The SMILES string of the molecule is CCCN1CCN(C(=O)c2cc3c(n2C)CCN(Cc2ccc(C)cc2)C3)CC1. The third kappa shape index (κ3) is 4.41. The van der Waals surface area contributed by atoms with E-state index in [4.69, 9.17) is 0 Å². The van der Waals surface area contributed by atoms with Crippen molar-refractivity contribution in [1.82, 2.24) is 19.3 Å². The summed E-state index contributed by atoms with van der Waals surface area (Å²) in [6.07, 6.45) is 2.19. The lowest BCUT2D eigenvalue weighted by Crippen LogP contribution is -2.49. The Bertz CT molecular complexity index is 847. The molecular weight excluding hydrogens is 360 g/mol. The first-order valence-electron chi connectivity index (χ1n) is 11.0. The number of carbonyl (C=O) groups is 1. The Morgan fingerprint density at radius 3 is 2.41 bits per heavy atom. The normalized spacial score (nSPS) is 18.1. The van der Waals surface area contributed by atoms with Gasteiger partial charge in [-0.05, 0) is 37.1 Å². The van der Waals surface area contributed by atoms with Crippen molar-refractivity contribution in [3.05, 3.63) is 58.4 Å². The molecule has 1 amide bonds. The fourth-order valence-electron chi connectivity index (χ4n) is 4.70. The van der Waals surface area contributed by atoms with Crippen LogP contribution in [0.2, 0.25) is 0 Å². The minimum Gasteiger partial charge on any atom is -0.343 e. The fraction of sp³-hybridized carbons (Fsp3) is 0.542. The molecule has 2 aromatic rings. The summed E-state index contributed by atoms with van der Waals surface area (Å²) in [7, 11) is 2.06. The standard InChI is InChI=1S/C24H34N4O/c1-4-10-26-12-14-28(15-13-26)24(29)23-16-21-18-27(11-9-22(21)25(23)3)17-20-7-5-19(2)6-8-20/h5-8,16H,4,9-15,17-18H2,1-3H3. The van der Waals surface area contributed by atoms with Crippen LogP contribution in [0.25, 0.3) is 0 Å². The van der Waals surface area contributed by atoms with E-state index in [0.29, 0.717) is 0 Å². The smallest absolute Gasteiger partial charge is 0.270 e. The second-order valence-corrected chi connectivity index (χ2v) is 8.64. The summed E-state index contributed by atoms with van der Waals surface area (Å²) in [5, 5.41) is 0. The van der Waals surface area contributed by atoms with E-state index in [9.17, 15) is 4.79 Å². The Labute approximate surface area is 174 Å². The summed E-state index contributed by atoms with van der Waals surface area (Å²) < 4.78 is 2.15. The van der Waals surface area contributed by atoms with Gasteiger partial charge in [0.2, 0.25) is 0 Å². The summed E-state index contributed by atoms with van der Waals surface area (Å²) in [6, 6.07) is 11.0. The van der Waals surface area contributed by atoms with Gasteiger partial charge in [0.05, 0.1) is 0 Å². The van der Waals surface area contributed by atoms with Crippen molar-refractivity contribution in [2.45, 2.75) is 39.8 Å². The van der Waals surface area contributed by atoms with E-state index in [2.05, 4.69) is 65.6 Å². The second kappa shape index (κ2) is 8.72. The molecule has 2 aliphatic rings. The van der Waals surface area contributed by atoms with E-state index in [1.807, 2.05) is 4.90 Å². The average molecular weight is 395 g/mol. The monoisotopic (exact) mass is 394 g/mol. The van der Waals surface area contributed by atoms with Crippen LogP contribution in [0.15, 0.2) is 30.3 Å². The predicted molar refractivity (Wildman–Crippen MR) is 117 cm³/mol. The molecule has 1 aromatic heterocycles. The Kier molecular flexibility index (Phi) is 6.07. The number of hydrogen-bond acceptors (Lipinski definition) is 3. The fourth-order valence-corrected chi connectivity index (χ4v) is 4.70. The largest absolute Gasteiger partial charge is 0.343 e. The first kappa shape index (κ1) is 20.2. The highest BCUT2D eigenvalue weighted by molar-refractivity contribution is 5.93. The van der Waals surface area contributed by atoms with Crippen LogP contribution >= 0.6 is 0 Å². The van der Waals surface area contributed by atoms with Crippen molar-refractivity contribution in [2.24, 2.45) is 7.05 Å². The summed E-state index contributed by atoms with van der Waals surface area (Å²) >= 11 is 0. The number of fused-ring (bicyclic) bond motifs is 1. The number of hydrogen-bond donors (Lipinski definition) is 0. The molecule has 5 heteroatoms. The van der Waals surface area contributed by atoms with Gasteiger partial charge >= 0.3 is 0 Å². The maximum Gasteiger partial charge on any atom is 0.270 e. The predicted octanol–water partition coefficient (Wildman–Crippen LogP) is 3.06. The Balaban J connectivity index is 1.42. The van der Waals surface area contributed by atoms with Crippen LogP contribution in [0.3, 0.4) is 0 Å². The number of aryl methyl sites for hydroxylation is 1. The third-order valence-corrected chi connectivity index (χ3v) is 6.45. The summed E-state index contributed by atoms with van der Waals surface area (Å²) in [6.45, 7) is 12.1. The van der Waals surface area contributed by atoms with Crippen LogP contribution in [-0.4, -0.2) is 64.4 Å². The van der Waals surface area contributed by atoms with Gasteiger partial charge in [0.1, 0.15) is 5.69 Å². The lowest BCUT2D eigenvalue weighted by atomic mass is 10.1. The van der Waals surface area contributed by atoms with Crippen molar-refractivity contribution in [3.8, 4) is 0 Å². The molecule has 0 bridgehead atoms. The van der Waals surface area contributed by atoms with E-state index in [0.717, 1.165) is 64.5 Å². The molecule has 0 N–H and O–H groups in total. The summed E-state index contributed by atoms with van der Waals surface area (Å²) in [5.41, 5.74) is 6.17. The summed E-state index contributed by atoms with van der Waals surface area (Å²) in [4.78, 5) is 20.2. The molecule has 0 unspecified atom stereocenters. The quantitative estimate of drug-likeness (QED) is 0.781. The minimum absolute atomic E-state index is 0.197. The molecule has 0 spiro atoms. The molecule has 156 valence electrons. The number of aromatic nitrogens is 1. The molecule has 29 heavy (non-hydrogen) atoms. The van der Waals surface area contributed by atoms with Crippen LogP contribution in [0.4, 0.5) is 0 Å². The third-order valence-electron chi connectivity index (χ3n) is 6.45. The van der Waals surface area contributed by atoms with Gasteiger partial charge in [-0.25, -0.2) is 0 Å². The van der Waals surface area contributed by atoms with Gasteiger partial charge in [-0.3, -0.25) is 14.6 Å². The van der Waals surface area contributed by atoms with Crippen molar-refractivity contribution >= 4 is 5.91 Å². The Morgan fingerprint density at radius 2 is 1.72 bits per heavy atom. The maximum atomic E-state index is 13.2. The molecule has 3 heterocycles. The van der Waals surface area contributed by atoms with E-state index < -0.39 is 0 Å². The molecule has 0 aliphatic carbocycles.